The van der Waals surface area contributed by atoms with Gasteiger partial charge < -0.3 is 10.6 Å². The molecular weight excluding hydrogens is 442 g/mol. The molecule has 0 heterocycles. The van der Waals surface area contributed by atoms with Crippen LogP contribution in [0.15, 0.2) is 0 Å². The summed E-state index contributed by atoms with van der Waals surface area (Å²) in [7, 11) is 2.74. The molecule has 0 aromatic carbocycles. The molecule has 0 aromatic heterocycles. The van der Waals surface area contributed by atoms with Crippen LogP contribution in [0.2, 0.25) is 0 Å². The summed E-state index contributed by atoms with van der Waals surface area (Å²) < 4.78 is 73.8. The van der Waals surface area contributed by atoms with Gasteiger partial charge in [0.1, 0.15) is 0 Å². The van der Waals surface area contributed by atoms with Gasteiger partial charge in [0.25, 0.3) is 0 Å². The Morgan fingerprint density at radius 2 is 1.16 bits per heavy atom. The van der Waals surface area contributed by atoms with Gasteiger partial charge in [-0.05, 0) is 59.3 Å². The Balaban J connectivity index is 2.26. The third-order valence-corrected chi connectivity index (χ3v) is 5.35. The van der Waals surface area contributed by atoms with E-state index in [9.17, 15) is 35.9 Å². The topological polar surface area (TPSA) is 64.7 Å². The molecule has 1 fully saturated rings. The number of amides is 2. The number of carbonyl (C=O) groups is 2. The van der Waals surface area contributed by atoms with Crippen LogP contribution in [0.4, 0.5) is 26.3 Å². The number of hydrogen-bond acceptors (Lipinski definition) is 4. The molecule has 2 atom stereocenters. The van der Waals surface area contributed by atoms with Crippen LogP contribution in [0, 0.1) is 11.8 Å². The van der Waals surface area contributed by atoms with Crippen molar-refractivity contribution in [1.29, 1.82) is 0 Å². The minimum absolute atomic E-state index is 0.199. The van der Waals surface area contributed by atoms with Crippen LogP contribution in [0.25, 0.3) is 0 Å². The van der Waals surface area contributed by atoms with E-state index in [0.717, 1.165) is 9.80 Å². The largest absolute Gasteiger partial charge is 0.401 e. The van der Waals surface area contributed by atoms with Crippen LogP contribution in [0.3, 0.4) is 0 Å². The molecule has 0 aliphatic heterocycles. The van der Waals surface area contributed by atoms with E-state index >= 15 is 0 Å². The summed E-state index contributed by atoms with van der Waals surface area (Å²) in [6.45, 7) is -1.07. The molecule has 1 saturated carbocycles. The van der Waals surface area contributed by atoms with Crippen LogP contribution < -0.4 is 10.6 Å². The summed E-state index contributed by atoms with van der Waals surface area (Å²) >= 11 is 0. The highest BCUT2D eigenvalue weighted by Gasteiger charge is 2.32. The van der Waals surface area contributed by atoms with E-state index < -0.39 is 25.4 Å². The SMILES string of the molecule is CN(CCCNC(=O)C1CCCC(C(=O)NCCCN(C)CC(F)(F)F)C1)CC(F)(F)F. The van der Waals surface area contributed by atoms with Crippen LogP contribution >= 0.6 is 0 Å². The van der Waals surface area contributed by atoms with E-state index in [-0.39, 0.29) is 49.8 Å². The lowest BCUT2D eigenvalue weighted by Gasteiger charge is -2.28. The zero-order valence-corrected chi connectivity index (χ0v) is 18.6. The second-order valence-electron chi connectivity index (χ2n) is 8.56. The van der Waals surface area contributed by atoms with E-state index in [2.05, 4.69) is 10.6 Å². The molecule has 0 bridgehead atoms. The van der Waals surface area contributed by atoms with Crippen molar-refractivity contribution >= 4 is 11.8 Å². The summed E-state index contributed by atoms with van der Waals surface area (Å²) in [6.07, 6.45) is -5.35. The Morgan fingerprint density at radius 1 is 0.781 bits per heavy atom. The normalized spacial score (nSPS) is 19.9. The smallest absolute Gasteiger partial charge is 0.356 e. The molecule has 2 N–H and O–H groups in total. The minimum Gasteiger partial charge on any atom is -0.356 e. The van der Waals surface area contributed by atoms with E-state index in [0.29, 0.717) is 38.5 Å². The van der Waals surface area contributed by atoms with Crippen molar-refractivity contribution in [2.24, 2.45) is 11.8 Å². The van der Waals surface area contributed by atoms with Gasteiger partial charge in [-0.25, -0.2) is 0 Å². The van der Waals surface area contributed by atoms with Crippen LogP contribution in [-0.4, -0.2) is 87.3 Å². The Labute approximate surface area is 185 Å². The standard InChI is InChI=1S/C20H34F6N4O2/c1-29(13-19(21,22)23)10-4-8-27-17(31)15-6-3-7-16(12-15)18(32)28-9-5-11-30(2)14-20(24,25)26/h15-16H,3-14H2,1-2H3,(H,27,31)(H,28,32). The van der Waals surface area contributed by atoms with E-state index in [1.165, 1.54) is 14.1 Å². The number of nitrogens with zero attached hydrogens (tertiary/aromatic N) is 2. The summed E-state index contributed by atoms with van der Waals surface area (Å²) in [4.78, 5) is 27.0. The fraction of sp³-hybridized carbons (Fsp3) is 0.900. The second kappa shape index (κ2) is 13.2. The molecule has 0 radical (unpaired) electrons. The maximum Gasteiger partial charge on any atom is 0.401 e. The van der Waals surface area contributed by atoms with Gasteiger partial charge in [-0.2, -0.15) is 26.3 Å². The lowest BCUT2D eigenvalue weighted by atomic mass is 9.80. The average Bonchev–Trinajstić information content (AvgIpc) is 2.65. The molecule has 32 heavy (non-hydrogen) atoms. The lowest BCUT2D eigenvalue weighted by Crippen LogP contribution is -2.40. The number of rotatable bonds is 12. The number of carbonyl (C=O) groups excluding carboxylic acids is 2. The lowest BCUT2D eigenvalue weighted by molar-refractivity contribution is -0.143. The molecule has 1 rings (SSSR count). The Morgan fingerprint density at radius 3 is 1.50 bits per heavy atom. The van der Waals surface area contributed by atoms with Gasteiger partial charge in [0, 0.05) is 24.9 Å². The third kappa shape index (κ3) is 13.1. The van der Waals surface area contributed by atoms with Crippen molar-refractivity contribution in [1.82, 2.24) is 20.4 Å². The number of nitrogens with one attached hydrogen (secondary N) is 2. The molecular formula is C20H34F6N4O2. The molecule has 12 heteroatoms. The quantitative estimate of drug-likeness (QED) is 0.336. The first kappa shape index (κ1) is 28.5. The predicted octanol–water partition coefficient (Wildman–Crippen LogP) is 2.79. The fourth-order valence-corrected chi connectivity index (χ4v) is 3.85. The highest BCUT2D eigenvalue weighted by molar-refractivity contribution is 5.82. The van der Waals surface area contributed by atoms with Crippen molar-refractivity contribution in [2.45, 2.75) is 50.9 Å². The maximum absolute atomic E-state index is 12.4. The minimum atomic E-state index is -4.26. The first-order valence-electron chi connectivity index (χ1n) is 10.8. The van der Waals surface area contributed by atoms with E-state index in [1.54, 1.807) is 0 Å². The van der Waals surface area contributed by atoms with Gasteiger partial charge in [-0.15, -0.1) is 0 Å². The van der Waals surface area contributed by atoms with Crippen molar-refractivity contribution in [3.05, 3.63) is 0 Å². The molecule has 2 unspecified atom stereocenters. The molecule has 6 nitrogen and oxygen atoms in total. The van der Waals surface area contributed by atoms with Crippen molar-refractivity contribution in [2.75, 3.05) is 53.4 Å². The average molecular weight is 477 g/mol. The molecule has 0 aromatic rings. The van der Waals surface area contributed by atoms with Crippen molar-refractivity contribution in [3.8, 4) is 0 Å². The van der Waals surface area contributed by atoms with E-state index in [4.69, 9.17) is 0 Å². The first-order chi connectivity index (χ1) is 14.8. The van der Waals surface area contributed by atoms with E-state index in [1.807, 2.05) is 0 Å². The van der Waals surface area contributed by atoms with Gasteiger partial charge in [0.2, 0.25) is 11.8 Å². The van der Waals surface area contributed by atoms with Gasteiger partial charge >= 0.3 is 12.4 Å². The number of hydrogen-bond donors (Lipinski definition) is 2. The Kier molecular flexibility index (Phi) is 11.8. The third-order valence-electron chi connectivity index (χ3n) is 5.35. The van der Waals surface area contributed by atoms with Gasteiger partial charge in [-0.1, -0.05) is 6.42 Å². The molecule has 1 aliphatic rings. The van der Waals surface area contributed by atoms with Crippen LogP contribution in [0.1, 0.15) is 38.5 Å². The fourth-order valence-electron chi connectivity index (χ4n) is 3.85. The molecule has 188 valence electrons. The summed E-state index contributed by atoms with van der Waals surface area (Å²) in [5.74, 6) is -1.06. The number of halogens is 6. The van der Waals surface area contributed by atoms with Gasteiger partial charge in [-0.3, -0.25) is 19.4 Å². The number of alkyl halides is 6. The molecule has 1 aliphatic carbocycles. The maximum atomic E-state index is 12.4. The summed E-state index contributed by atoms with van der Waals surface area (Å²) in [5.41, 5.74) is 0. The van der Waals surface area contributed by atoms with Crippen molar-refractivity contribution < 1.29 is 35.9 Å². The van der Waals surface area contributed by atoms with Gasteiger partial charge in [0.15, 0.2) is 0 Å². The zero-order valence-electron chi connectivity index (χ0n) is 18.6. The summed E-state index contributed by atoms with van der Waals surface area (Å²) in [6, 6.07) is 0. The first-order valence-corrected chi connectivity index (χ1v) is 10.8. The highest BCUT2D eigenvalue weighted by atomic mass is 19.4. The second-order valence-corrected chi connectivity index (χ2v) is 8.56. The van der Waals surface area contributed by atoms with Crippen LogP contribution in [0.5, 0.6) is 0 Å². The predicted molar refractivity (Wildman–Crippen MR) is 108 cm³/mol. The Bertz CT molecular complexity index is 537. The molecule has 0 spiro atoms. The molecule has 2 amide bonds. The molecule has 0 saturated heterocycles. The summed E-state index contributed by atoms with van der Waals surface area (Å²) in [5, 5.41) is 5.47. The van der Waals surface area contributed by atoms with Gasteiger partial charge in [0.05, 0.1) is 13.1 Å². The zero-order chi connectivity index (χ0) is 24.4. The van der Waals surface area contributed by atoms with Crippen LogP contribution in [-0.2, 0) is 9.59 Å². The monoisotopic (exact) mass is 476 g/mol. The van der Waals surface area contributed by atoms with Crippen molar-refractivity contribution in [3.63, 3.8) is 0 Å². The Hall–Kier alpha value is -1.56. The highest BCUT2D eigenvalue weighted by Crippen LogP contribution is 2.29.